The number of hydrogen-bond donors (Lipinski definition) is 1. The zero-order valence-electron chi connectivity index (χ0n) is 10.00. The first-order valence-corrected chi connectivity index (χ1v) is 7.00. The Bertz CT molecular complexity index is 637. The van der Waals surface area contributed by atoms with Crippen LogP contribution in [0.25, 0.3) is 11.4 Å². The highest BCUT2D eigenvalue weighted by molar-refractivity contribution is 14.1. The molecule has 3 nitrogen and oxygen atoms in total. The Hall–Kier alpha value is -0.880. The molecule has 5 heteroatoms. The van der Waals surface area contributed by atoms with E-state index in [1.807, 2.05) is 48.6 Å². The summed E-state index contributed by atoms with van der Waals surface area (Å²) in [6, 6.07) is 7.29. The Morgan fingerprint density at radius 1 is 1.39 bits per heavy atom. The quantitative estimate of drug-likeness (QED) is 0.812. The second-order valence-electron chi connectivity index (χ2n) is 4.28. The summed E-state index contributed by atoms with van der Waals surface area (Å²) in [6.07, 6.45) is 0. The smallest absolute Gasteiger partial charge is 0.264 e. The molecule has 0 bridgehead atoms. The molecule has 1 heterocycles. The maximum absolute atomic E-state index is 11.9. The minimum absolute atomic E-state index is 0.107. The zero-order valence-corrected chi connectivity index (χ0v) is 12.9. The van der Waals surface area contributed by atoms with Crippen LogP contribution in [0.2, 0.25) is 5.02 Å². The second-order valence-corrected chi connectivity index (χ2v) is 5.79. The maximum Gasteiger partial charge on any atom is 0.264 e. The van der Waals surface area contributed by atoms with E-state index in [0.29, 0.717) is 14.4 Å². The van der Waals surface area contributed by atoms with Crippen molar-refractivity contribution < 1.29 is 0 Å². The van der Waals surface area contributed by atoms with Crippen molar-refractivity contribution in [2.75, 3.05) is 0 Å². The molecular weight excluding hydrogens is 363 g/mol. The van der Waals surface area contributed by atoms with Gasteiger partial charge in [-0.2, -0.15) is 0 Å². The molecule has 0 aliphatic heterocycles. The number of nitrogens with zero attached hydrogens (tertiary/aromatic N) is 1. The van der Waals surface area contributed by atoms with Crippen LogP contribution in [0, 0.1) is 3.57 Å². The van der Waals surface area contributed by atoms with Crippen molar-refractivity contribution >= 4 is 34.2 Å². The van der Waals surface area contributed by atoms with Gasteiger partial charge in [-0.05, 0) is 40.6 Å². The van der Waals surface area contributed by atoms with Gasteiger partial charge < -0.3 is 4.98 Å². The monoisotopic (exact) mass is 374 g/mol. The molecule has 2 aromatic rings. The minimum Gasteiger partial charge on any atom is -0.306 e. The third kappa shape index (κ3) is 2.75. The van der Waals surface area contributed by atoms with E-state index >= 15 is 0 Å². The molecule has 0 atom stereocenters. The molecule has 0 spiro atoms. The average molecular weight is 375 g/mol. The van der Waals surface area contributed by atoms with Crippen LogP contribution in [0.15, 0.2) is 29.1 Å². The lowest BCUT2D eigenvalue weighted by atomic mass is 10.1. The van der Waals surface area contributed by atoms with Crippen LogP contribution >= 0.6 is 34.2 Å². The third-order valence-corrected chi connectivity index (χ3v) is 3.81. The normalized spacial score (nSPS) is 10.9. The van der Waals surface area contributed by atoms with Gasteiger partial charge in [0.1, 0.15) is 5.82 Å². The van der Waals surface area contributed by atoms with E-state index < -0.39 is 0 Å². The van der Waals surface area contributed by atoms with Crippen molar-refractivity contribution in [3.8, 4) is 11.4 Å². The van der Waals surface area contributed by atoms with Crippen LogP contribution in [0.1, 0.15) is 25.5 Å². The molecule has 0 unspecified atom stereocenters. The summed E-state index contributed by atoms with van der Waals surface area (Å²) in [7, 11) is 0. The Labute approximate surface area is 124 Å². The first kappa shape index (κ1) is 13.5. The van der Waals surface area contributed by atoms with E-state index in [4.69, 9.17) is 11.6 Å². The van der Waals surface area contributed by atoms with Gasteiger partial charge in [-0.1, -0.05) is 37.6 Å². The van der Waals surface area contributed by atoms with Gasteiger partial charge >= 0.3 is 0 Å². The van der Waals surface area contributed by atoms with Crippen molar-refractivity contribution in [2.45, 2.75) is 19.8 Å². The predicted octanol–water partition coefficient (Wildman–Crippen LogP) is 3.82. The van der Waals surface area contributed by atoms with Crippen molar-refractivity contribution in [1.29, 1.82) is 0 Å². The fraction of sp³-hybridized carbons (Fsp3) is 0.231. The third-order valence-electron chi connectivity index (χ3n) is 2.53. The second kappa shape index (κ2) is 5.40. The summed E-state index contributed by atoms with van der Waals surface area (Å²) in [6.45, 7) is 4.04. The molecule has 1 aromatic carbocycles. The summed E-state index contributed by atoms with van der Waals surface area (Å²) in [5.41, 5.74) is 1.52. The van der Waals surface area contributed by atoms with Crippen molar-refractivity contribution in [3.63, 3.8) is 0 Å². The SMILES string of the molecule is CC(C)c1nc(-c2cccc(Cl)c2)[nH]c(=O)c1I. The molecule has 0 aliphatic carbocycles. The van der Waals surface area contributed by atoms with Gasteiger partial charge in [-0.25, -0.2) is 4.98 Å². The lowest BCUT2D eigenvalue weighted by Gasteiger charge is -2.09. The fourth-order valence-electron chi connectivity index (χ4n) is 1.63. The van der Waals surface area contributed by atoms with Crippen LogP contribution in [-0.4, -0.2) is 9.97 Å². The molecule has 94 valence electrons. The highest BCUT2D eigenvalue weighted by Crippen LogP contribution is 2.22. The van der Waals surface area contributed by atoms with Crippen molar-refractivity contribution in [1.82, 2.24) is 9.97 Å². The highest BCUT2D eigenvalue weighted by atomic mass is 127. The Morgan fingerprint density at radius 2 is 2.11 bits per heavy atom. The van der Waals surface area contributed by atoms with E-state index in [1.54, 1.807) is 12.1 Å². The molecule has 0 radical (unpaired) electrons. The summed E-state index contributed by atoms with van der Waals surface area (Å²) in [5, 5.41) is 0.625. The molecule has 0 saturated carbocycles. The Morgan fingerprint density at radius 3 is 2.72 bits per heavy atom. The summed E-state index contributed by atoms with van der Waals surface area (Å²) in [5.74, 6) is 0.767. The van der Waals surface area contributed by atoms with Crippen LogP contribution < -0.4 is 5.56 Å². The zero-order chi connectivity index (χ0) is 13.3. The van der Waals surface area contributed by atoms with Crippen LogP contribution in [-0.2, 0) is 0 Å². The van der Waals surface area contributed by atoms with E-state index in [9.17, 15) is 4.79 Å². The lowest BCUT2D eigenvalue weighted by molar-refractivity contribution is 0.802. The van der Waals surface area contributed by atoms with E-state index in [1.165, 1.54) is 0 Å². The Balaban J connectivity index is 2.63. The Kier molecular flexibility index (Phi) is 4.07. The standard InChI is InChI=1S/C13H12ClIN2O/c1-7(2)11-10(15)13(18)17-12(16-11)8-4-3-5-9(14)6-8/h3-7H,1-2H3,(H,16,17,18). The van der Waals surface area contributed by atoms with Gasteiger partial charge in [-0.3, -0.25) is 4.79 Å². The molecule has 0 aliphatic rings. The summed E-state index contributed by atoms with van der Waals surface area (Å²) in [4.78, 5) is 19.2. The number of benzene rings is 1. The predicted molar refractivity (Wildman–Crippen MR) is 82.1 cm³/mol. The number of nitrogens with one attached hydrogen (secondary N) is 1. The largest absolute Gasteiger partial charge is 0.306 e. The number of aromatic nitrogens is 2. The number of H-pyrrole nitrogens is 1. The topological polar surface area (TPSA) is 45.8 Å². The van der Waals surface area contributed by atoms with E-state index in [0.717, 1.165) is 11.3 Å². The van der Waals surface area contributed by atoms with E-state index in [2.05, 4.69) is 9.97 Å². The lowest BCUT2D eigenvalue weighted by Crippen LogP contribution is -2.17. The summed E-state index contributed by atoms with van der Waals surface area (Å²) >= 11 is 7.98. The summed E-state index contributed by atoms with van der Waals surface area (Å²) < 4.78 is 0.647. The van der Waals surface area contributed by atoms with Gasteiger partial charge in [-0.15, -0.1) is 0 Å². The number of hydrogen-bond acceptors (Lipinski definition) is 2. The average Bonchev–Trinajstić information content (AvgIpc) is 2.32. The first-order chi connectivity index (χ1) is 8.49. The van der Waals surface area contributed by atoms with E-state index in [-0.39, 0.29) is 11.5 Å². The number of halogens is 2. The minimum atomic E-state index is -0.107. The molecule has 0 amide bonds. The fourth-order valence-corrected chi connectivity index (χ4v) is 2.70. The number of rotatable bonds is 2. The van der Waals surface area contributed by atoms with Gasteiger partial charge in [0, 0.05) is 10.6 Å². The molecule has 18 heavy (non-hydrogen) atoms. The van der Waals surface area contributed by atoms with Gasteiger partial charge in [0.2, 0.25) is 0 Å². The van der Waals surface area contributed by atoms with Gasteiger partial charge in [0.05, 0.1) is 9.26 Å². The van der Waals surface area contributed by atoms with Crippen LogP contribution in [0.4, 0.5) is 0 Å². The molecule has 2 rings (SSSR count). The van der Waals surface area contributed by atoms with Gasteiger partial charge in [0.25, 0.3) is 5.56 Å². The van der Waals surface area contributed by atoms with Crippen molar-refractivity contribution in [2.24, 2.45) is 0 Å². The molecule has 1 aromatic heterocycles. The van der Waals surface area contributed by atoms with Crippen LogP contribution in [0.5, 0.6) is 0 Å². The number of aromatic amines is 1. The molecular formula is C13H12ClIN2O. The van der Waals surface area contributed by atoms with Gasteiger partial charge in [0.15, 0.2) is 0 Å². The molecule has 0 saturated heterocycles. The maximum atomic E-state index is 11.9. The van der Waals surface area contributed by atoms with Crippen molar-refractivity contribution in [3.05, 3.63) is 48.9 Å². The van der Waals surface area contributed by atoms with Crippen LogP contribution in [0.3, 0.4) is 0 Å². The molecule has 1 N–H and O–H groups in total. The molecule has 0 fully saturated rings. The first-order valence-electron chi connectivity index (χ1n) is 5.54. The highest BCUT2D eigenvalue weighted by Gasteiger charge is 2.13.